The second-order valence-corrected chi connectivity index (χ2v) is 8.49. The zero-order valence-electron chi connectivity index (χ0n) is 15.6. The minimum Gasteiger partial charge on any atom is -0.372 e. The van der Waals surface area contributed by atoms with Crippen molar-refractivity contribution >= 4 is 39.5 Å². The maximum Gasteiger partial charge on any atom is 0.266 e. The Morgan fingerprint density at radius 1 is 1.04 bits per heavy atom. The standard InChI is InChI=1S/C21H25N3O2S/c1-14-13-18(23-20(25)15-5-6-15)27-19(14)21(26)22-16-7-9-17(10-8-16)24-11-3-2-4-12-24/h7-10,13,15H,2-6,11-12H2,1H3,(H,22,26)(H,23,25). The van der Waals surface area contributed by atoms with Gasteiger partial charge in [0.25, 0.3) is 5.91 Å². The second-order valence-electron chi connectivity index (χ2n) is 7.44. The predicted octanol–water partition coefficient (Wildman–Crippen LogP) is 4.65. The van der Waals surface area contributed by atoms with Crippen LogP contribution in [-0.2, 0) is 4.79 Å². The van der Waals surface area contributed by atoms with Crippen LogP contribution in [0.2, 0.25) is 0 Å². The number of benzene rings is 1. The molecule has 2 heterocycles. The van der Waals surface area contributed by atoms with E-state index in [4.69, 9.17) is 0 Å². The molecule has 1 aromatic carbocycles. The largest absolute Gasteiger partial charge is 0.372 e. The summed E-state index contributed by atoms with van der Waals surface area (Å²) in [5.41, 5.74) is 2.88. The first-order valence-corrected chi connectivity index (χ1v) is 10.5. The molecule has 0 radical (unpaired) electrons. The zero-order valence-corrected chi connectivity index (χ0v) is 16.4. The Hall–Kier alpha value is -2.34. The fourth-order valence-corrected chi connectivity index (χ4v) is 4.40. The first-order chi connectivity index (χ1) is 13.1. The van der Waals surface area contributed by atoms with Crippen LogP contribution in [0.4, 0.5) is 16.4 Å². The molecule has 2 N–H and O–H groups in total. The van der Waals surface area contributed by atoms with Gasteiger partial charge in [0.15, 0.2) is 0 Å². The molecule has 1 aromatic heterocycles. The van der Waals surface area contributed by atoms with Crippen molar-refractivity contribution < 1.29 is 9.59 Å². The summed E-state index contributed by atoms with van der Waals surface area (Å²) >= 11 is 1.33. The summed E-state index contributed by atoms with van der Waals surface area (Å²) in [6.07, 6.45) is 5.74. The third-order valence-corrected chi connectivity index (χ3v) is 6.32. The fraction of sp³-hybridized carbons (Fsp3) is 0.429. The third-order valence-electron chi connectivity index (χ3n) is 5.16. The Labute approximate surface area is 163 Å². The molecule has 0 bridgehead atoms. The van der Waals surface area contributed by atoms with Gasteiger partial charge in [0.05, 0.1) is 9.88 Å². The monoisotopic (exact) mass is 383 g/mol. The Balaban J connectivity index is 1.39. The number of rotatable bonds is 5. The van der Waals surface area contributed by atoms with Crippen molar-refractivity contribution in [2.75, 3.05) is 28.6 Å². The van der Waals surface area contributed by atoms with Gasteiger partial charge in [-0.1, -0.05) is 0 Å². The van der Waals surface area contributed by atoms with Crippen LogP contribution in [-0.4, -0.2) is 24.9 Å². The van der Waals surface area contributed by atoms with Crippen LogP contribution in [0.25, 0.3) is 0 Å². The average molecular weight is 384 g/mol. The molecule has 2 amide bonds. The molecule has 1 aliphatic heterocycles. The van der Waals surface area contributed by atoms with Gasteiger partial charge in [0, 0.05) is 30.4 Å². The Morgan fingerprint density at radius 2 is 1.74 bits per heavy atom. The molecular formula is C21H25N3O2S. The lowest BCUT2D eigenvalue weighted by molar-refractivity contribution is -0.117. The molecule has 0 spiro atoms. The number of anilines is 3. The summed E-state index contributed by atoms with van der Waals surface area (Å²) in [6, 6.07) is 9.94. The van der Waals surface area contributed by atoms with E-state index in [1.165, 1.54) is 36.3 Å². The maximum absolute atomic E-state index is 12.6. The van der Waals surface area contributed by atoms with Crippen LogP contribution < -0.4 is 15.5 Å². The number of carbonyl (C=O) groups is 2. The zero-order chi connectivity index (χ0) is 18.8. The summed E-state index contributed by atoms with van der Waals surface area (Å²) in [6.45, 7) is 4.11. The van der Waals surface area contributed by atoms with Gasteiger partial charge in [0.2, 0.25) is 5.91 Å². The maximum atomic E-state index is 12.6. The Morgan fingerprint density at radius 3 is 2.41 bits per heavy atom. The highest BCUT2D eigenvalue weighted by Gasteiger charge is 2.30. The lowest BCUT2D eigenvalue weighted by Crippen LogP contribution is -2.29. The number of nitrogens with zero attached hydrogens (tertiary/aromatic N) is 1. The minimum absolute atomic E-state index is 0.0662. The quantitative estimate of drug-likeness (QED) is 0.790. The van der Waals surface area contributed by atoms with Crippen LogP contribution in [0.5, 0.6) is 0 Å². The van der Waals surface area contributed by atoms with Gasteiger partial charge in [-0.15, -0.1) is 11.3 Å². The van der Waals surface area contributed by atoms with Crippen LogP contribution in [0.3, 0.4) is 0 Å². The number of carbonyl (C=O) groups excluding carboxylic acids is 2. The molecule has 27 heavy (non-hydrogen) atoms. The topological polar surface area (TPSA) is 61.4 Å². The number of hydrogen-bond donors (Lipinski definition) is 2. The van der Waals surface area contributed by atoms with Crippen LogP contribution in [0.15, 0.2) is 30.3 Å². The van der Waals surface area contributed by atoms with Crippen molar-refractivity contribution in [3.8, 4) is 0 Å². The second kappa shape index (κ2) is 7.72. The molecule has 1 saturated carbocycles. The molecule has 0 unspecified atom stereocenters. The number of hydrogen-bond acceptors (Lipinski definition) is 4. The Kier molecular flexibility index (Phi) is 5.16. The van der Waals surface area contributed by atoms with Crippen molar-refractivity contribution in [2.45, 2.75) is 39.0 Å². The van der Waals surface area contributed by atoms with Crippen LogP contribution >= 0.6 is 11.3 Å². The first kappa shape index (κ1) is 18.0. The SMILES string of the molecule is Cc1cc(NC(=O)C2CC2)sc1C(=O)Nc1ccc(N2CCCCC2)cc1. The van der Waals surface area contributed by atoms with Crippen molar-refractivity contribution in [1.82, 2.24) is 0 Å². The van der Waals surface area contributed by atoms with Gasteiger partial charge >= 0.3 is 0 Å². The van der Waals surface area contributed by atoms with Crippen LogP contribution in [0, 0.1) is 12.8 Å². The molecule has 1 saturated heterocycles. The average Bonchev–Trinajstić information content (AvgIpc) is 3.47. The lowest BCUT2D eigenvalue weighted by atomic mass is 10.1. The number of nitrogens with one attached hydrogen (secondary N) is 2. The van der Waals surface area contributed by atoms with E-state index < -0.39 is 0 Å². The van der Waals surface area contributed by atoms with E-state index in [0.29, 0.717) is 4.88 Å². The summed E-state index contributed by atoms with van der Waals surface area (Å²) < 4.78 is 0. The highest BCUT2D eigenvalue weighted by molar-refractivity contribution is 7.18. The number of piperidine rings is 1. The molecule has 0 atom stereocenters. The lowest BCUT2D eigenvalue weighted by Gasteiger charge is -2.28. The molecular weight excluding hydrogens is 358 g/mol. The van der Waals surface area contributed by atoms with E-state index >= 15 is 0 Å². The number of amides is 2. The van der Waals surface area contributed by atoms with Crippen molar-refractivity contribution in [3.63, 3.8) is 0 Å². The van der Waals surface area contributed by atoms with Gasteiger partial charge in [-0.05, 0) is 74.9 Å². The van der Waals surface area contributed by atoms with Gasteiger partial charge in [-0.3, -0.25) is 9.59 Å². The molecule has 142 valence electrons. The normalized spacial score (nSPS) is 16.9. The molecule has 2 fully saturated rings. The highest BCUT2D eigenvalue weighted by atomic mass is 32.1. The Bertz CT molecular complexity index is 834. The number of thiophene rings is 1. The van der Waals surface area contributed by atoms with E-state index in [1.807, 2.05) is 25.1 Å². The van der Waals surface area contributed by atoms with Gasteiger partial charge in [-0.25, -0.2) is 0 Å². The molecule has 2 aliphatic rings. The highest BCUT2D eigenvalue weighted by Crippen LogP contribution is 2.33. The van der Waals surface area contributed by atoms with Gasteiger partial charge < -0.3 is 15.5 Å². The van der Waals surface area contributed by atoms with Gasteiger partial charge in [-0.2, -0.15) is 0 Å². The predicted molar refractivity (Wildman–Crippen MR) is 111 cm³/mol. The summed E-state index contributed by atoms with van der Waals surface area (Å²) in [5.74, 6) is 0.0924. The van der Waals surface area contributed by atoms with Crippen molar-refractivity contribution in [3.05, 3.63) is 40.8 Å². The molecule has 4 rings (SSSR count). The van der Waals surface area contributed by atoms with E-state index in [0.717, 1.165) is 42.2 Å². The third kappa shape index (κ3) is 4.33. The van der Waals surface area contributed by atoms with E-state index in [2.05, 4.69) is 27.7 Å². The molecule has 6 heteroatoms. The number of aryl methyl sites for hydroxylation is 1. The van der Waals surface area contributed by atoms with E-state index in [9.17, 15) is 9.59 Å². The molecule has 5 nitrogen and oxygen atoms in total. The van der Waals surface area contributed by atoms with Gasteiger partial charge in [0.1, 0.15) is 0 Å². The minimum atomic E-state index is -0.129. The van der Waals surface area contributed by atoms with Crippen molar-refractivity contribution in [2.24, 2.45) is 5.92 Å². The smallest absolute Gasteiger partial charge is 0.266 e. The summed E-state index contributed by atoms with van der Waals surface area (Å²) in [5, 5.41) is 6.64. The first-order valence-electron chi connectivity index (χ1n) is 9.68. The molecule has 1 aliphatic carbocycles. The summed E-state index contributed by atoms with van der Waals surface area (Å²) in [4.78, 5) is 27.6. The van der Waals surface area contributed by atoms with Crippen LogP contribution in [0.1, 0.15) is 47.3 Å². The van der Waals surface area contributed by atoms with E-state index in [-0.39, 0.29) is 17.7 Å². The van der Waals surface area contributed by atoms with Crippen molar-refractivity contribution in [1.29, 1.82) is 0 Å². The van der Waals surface area contributed by atoms with E-state index in [1.54, 1.807) is 0 Å². The fourth-order valence-electron chi connectivity index (χ4n) is 3.43. The summed E-state index contributed by atoms with van der Waals surface area (Å²) in [7, 11) is 0. The molecule has 2 aromatic rings.